The molecule has 9 nitrogen and oxygen atoms in total. The third-order valence-corrected chi connectivity index (χ3v) is 8.81. The molecular weight excluding hydrogens is 616 g/mol. The third kappa shape index (κ3) is 6.03. The molecule has 236 valence electrons. The van der Waals surface area contributed by atoms with Crippen LogP contribution < -0.4 is 33.8 Å². The predicted molar refractivity (Wildman–Crippen MR) is 177 cm³/mol. The minimum Gasteiger partial charge on any atom is -0.497 e. The number of esters is 1. The number of hydrogen-bond acceptors (Lipinski definition) is 9. The Morgan fingerprint density at radius 3 is 2.45 bits per heavy atom. The maximum Gasteiger partial charge on any atom is 0.338 e. The van der Waals surface area contributed by atoms with Crippen LogP contribution in [0.2, 0.25) is 0 Å². The molecule has 0 amide bonds. The minimum absolute atomic E-state index is 0.181. The van der Waals surface area contributed by atoms with E-state index in [1.165, 1.54) is 11.3 Å². The number of rotatable bonds is 9. The maximum absolute atomic E-state index is 14.1. The van der Waals surface area contributed by atoms with Crippen molar-refractivity contribution in [2.45, 2.75) is 19.6 Å². The van der Waals surface area contributed by atoms with Crippen molar-refractivity contribution in [2.24, 2.45) is 4.99 Å². The van der Waals surface area contributed by atoms with Crippen molar-refractivity contribution in [3.63, 3.8) is 0 Å². The average Bonchev–Trinajstić information content (AvgIpc) is 3.71. The summed E-state index contributed by atoms with van der Waals surface area (Å²) in [5.41, 5.74) is 3.78. The third-order valence-electron chi connectivity index (χ3n) is 7.83. The summed E-state index contributed by atoms with van der Waals surface area (Å²) in [6, 6.07) is 29.3. The monoisotopic (exact) mass is 646 g/mol. The van der Waals surface area contributed by atoms with Crippen LogP contribution >= 0.6 is 11.3 Å². The number of carbonyl (C=O) groups is 1. The molecule has 10 heteroatoms. The highest BCUT2D eigenvalue weighted by Gasteiger charge is 2.35. The largest absolute Gasteiger partial charge is 0.497 e. The number of benzene rings is 4. The molecule has 0 saturated carbocycles. The van der Waals surface area contributed by atoms with Gasteiger partial charge in [-0.3, -0.25) is 9.36 Å². The lowest BCUT2D eigenvalue weighted by molar-refractivity contribution is -0.138. The van der Waals surface area contributed by atoms with Crippen molar-refractivity contribution in [1.29, 1.82) is 0 Å². The molecule has 0 N–H and O–H groups in total. The van der Waals surface area contributed by atoms with Crippen LogP contribution in [0.5, 0.6) is 23.0 Å². The van der Waals surface area contributed by atoms with Crippen LogP contribution in [0.15, 0.2) is 112 Å². The highest BCUT2D eigenvalue weighted by atomic mass is 32.1. The molecule has 1 aromatic heterocycles. The molecule has 0 radical (unpaired) electrons. The predicted octanol–water partition coefficient (Wildman–Crippen LogP) is 5.25. The number of aromatic nitrogens is 1. The summed E-state index contributed by atoms with van der Waals surface area (Å²) in [6.45, 7) is 2.53. The van der Waals surface area contributed by atoms with Crippen LogP contribution in [0.4, 0.5) is 0 Å². The zero-order chi connectivity index (χ0) is 32.3. The molecule has 0 fully saturated rings. The van der Waals surface area contributed by atoms with Gasteiger partial charge < -0.3 is 23.7 Å². The van der Waals surface area contributed by atoms with E-state index in [-0.39, 0.29) is 19.0 Å². The fraction of sp³-hybridized carbons (Fsp3) is 0.162. The molecule has 0 unspecified atom stereocenters. The molecule has 2 aliphatic rings. The molecule has 4 aromatic carbocycles. The van der Waals surface area contributed by atoms with Gasteiger partial charge in [0.1, 0.15) is 18.1 Å². The van der Waals surface area contributed by atoms with E-state index in [9.17, 15) is 9.59 Å². The van der Waals surface area contributed by atoms with Crippen molar-refractivity contribution in [1.82, 2.24) is 4.57 Å². The first-order valence-corrected chi connectivity index (χ1v) is 15.9. The zero-order valence-corrected chi connectivity index (χ0v) is 26.5. The van der Waals surface area contributed by atoms with Crippen LogP contribution in [-0.4, -0.2) is 31.0 Å². The quantitative estimate of drug-likeness (QED) is 0.202. The van der Waals surface area contributed by atoms with E-state index in [4.69, 9.17) is 28.7 Å². The van der Waals surface area contributed by atoms with Gasteiger partial charge >= 0.3 is 5.97 Å². The molecular formula is C37H30N2O7S. The van der Waals surface area contributed by atoms with E-state index >= 15 is 0 Å². The second-order valence-electron chi connectivity index (χ2n) is 10.7. The highest BCUT2D eigenvalue weighted by Crippen LogP contribution is 2.36. The molecule has 0 bridgehead atoms. The van der Waals surface area contributed by atoms with E-state index in [1.54, 1.807) is 18.6 Å². The van der Waals surface area contributed by atoms with Gasteiger partial charge in [0.05, 0.1) is 35.6 Å². The molecule has 1 atom stereocenters. The van der Waals surface area contributed by atoms with Crippen molar-refractivity contribution in [3.8, 4) is 23.0 Å². The molecule has 5 aromatic rings. The zero-order valence-electron chi connectivity index (χ0n) is 25.7. The first-order chi connectivity index (χ1) is 23.0. The van der Waals surface area contributed by atoms with Gasteiger partial charge in [0, 0.05) is 5.56 Å². The van der Waals surface area contributed by atoms with Crippen molar-refractivity contribution < 1.29 is 28.5 Å². The smallest absolute Gasteiger partial charge is 0.338 e. The normalized spacial score (nSPS) is 15.2. The Hall–Kier alpha value is -5.61. The summed E-state index contributed by atoms with van der Waals surface area (Å²) in [5.74, 6) is 2.26. The Labute approximate surface area is 274 Å². The number of thiazole rings is 1. The van der Waals surface area contributed by atoms with Crippen molar-refractivity contribution >= 4 is 29.1 Å². The molecule has 0 aliphatic carbocycles. The lowest BCUT2D eigenvalue weighted by atomic mass is 9.93. The first kappa shape index (κ1) is 30.1. The summed E-state index contributed by atoms with van der Waals surface area (Å²) < 4.78 is 29.8. The van der Waals surface area contributed by atoms with Crippen LogP contribution in [0.1, 0.15) is 35.2 Å². The lowest BCUT2D eigenvalue weighted by Gasteiger charge is -2.26. The first-order valence-electron chi connectivity index (χ1n) is 15.1. The van der Waals surface area contributed by atoms with Gasteiger partial charge in [-0.15, -0.1) is 0 Å². The van der Waals surface area contributed by atoms with Crippen molar-refractivity contribution in [2.75, 3.05) is 20.5 Å². The number of hydrogen-bond donors (Lipinski definition) is 0. The van der Waals surface area contributed by atoms with Crippen LogP contribution in [0, 0.1) is 0 Å². The van der Waals surface area contributed by atoms with E-state index in [1.807, 2.05) is 103 Å². The van der Waals surface area contributed by atoms with E-state index in [2.05, 4.69) is 0 Å². The average molecular weight is 647 g/mol. The van der Waals surface area contributed by atoms with Crippen LogP contribution in [0.3, 0.4) is 0 Å². The van der Waals surface area contributed by atoms with Gasteiger partial charge in [-0.1, -0.05) is 72.0 Å². The molecule has 2 aliphatic heterocycles. The van der Waals surface area contributed by atoms with Gasteiger partial charge in [-0.05, 0) is 66.1 Å². The van der Waals surface area contributed by atoms with Gasteiger partial charge in [-0.25, -0.2) is 9.79 Å². The summed E-state index contributed by atoms with van der Waals surface area (Å²) >= 11 is 1.27. The minimum atomic E-state index is -0.763. The SMILES string of the molecule is CCOC(=O)C1=C(c2ccccc2)N=c2s/c(=C\c3ccc(OCc4ccc5c(c4)OCO5)cc3)c(=O)n2[C@@H]1c1ccc(OC)cc1. The maximum atomic E-state index is 14.1. The standard InChI is InChI=1S/C37H30N2O7S/c1-3-43-36(41)32-33(25-7-5-4-6-8-25)38-37-39(34(32)26-12-16-27(42-2)17-13-26)35(40)31(47-37)20-23-9-14-28(15-10-23)44-21-24-11-18-29-30(19-24)46-22-45-29/h4-20,34H,3,21-22H2,1-2H3/b31-20-/t34-/m1/s1. The number of methoxy groups -OCH3 is 1. The van der Waals surface area contributed by atoms with E-state index in [0.29, 0.717) is 44.5 Å². The van der Waals surface area contributed by atoms with Crippen molar-refractivity contribution in [3.05, 3.63) is 145 Å². The van der Waals surface area contributed by atoms with Gasteiger partial charge in [0.2, 0.25) is 6.79 Å². The fourth-order valence-electron chi connectivity index (χ4n) is 5.55. The summed E-state index contributed by atoms with van der Waals surface area (Å²) in [4.78, 5) is 33.1. The van der Waals surface area contributed by atoms with Gasteiger partial charge in [-0.2, -0.15) is 0 Å². The number of nitrogens with zero attached hydrogens (tertiary/aromatic N) is 2. The molecule has 3 heterocycles. The number of fused-ring (bicyclic) bond motifs is 2. The molecule has 0 saturated heterocycles. The number of carbonyl (C=O) groups excluding carboxylic acids is 1. The Bertz CT molecular complexity index is 2150. The van der Waals surface area contributed by atoms with Gasteiger partial charge in [0.15, 0.2) is 16.3 Å². The molecule has 7 rings (SSSR count). The summed E-state index contributed by atoms with van der Waals surface area (Å²) in [5, 5.41) is 0. The Kier molecular flexibility index (Phi) is 8.33. The Balaban J connectivity index is 1.26. The van der Waals surface area contributed by atoms with E-state index in [0.717, 1.165) is 28.0 Å². The summed E-state index contributed by atoms with van der Waals surface area (Å²) in [6.07, 6.45) is 1.83. The highest BCUT2D eigenvalue weighted by molar-refractivity contribution is 7.07. The van der Waals surface area contributed by atoms with Crippen LogP contribution in [-0.2, 0) is 16.1 Å². The second-order valence-corrected chi connectivity index (χ2v) is 11.8. The summed E-state index contributed by atoms with van der Waals surface area (Å²) in [7, 11) is 1.59. The Morgan fingerprint density at radius 1 is 0.957 bits per heavy atom. The fourth-order valence-corrected chi connectivity index (χ4v) is 6.55. The number of ether oxygens (including phenoxy) is 5. The van der Waals surface area contributed by atoms with Gasteiger partial charge in [0.25, 0.3) is 5.56 Å². The van der Waals surface area contributed by atoms with E-state index < -0.39 is 12.0 Å². The lowest BCUT2D eigenvalue weighted by Crippen LogP contribution is -2.40. The Morgan fingerprint density at radius 2 is 1.70 bits per heavy atom. The molecule has 47 heavy (non-hydrogen) atoms. The topological polar surface area (TPSA) is 97.6 Å². The van der Waals surface area contributed by atoms with Crippen LogP contribution in [0.25, 0.3) is 11.8 Å². The molecule has 0 spiro atoms. The second kappa shape index (κ2) is 13.0.